The number of morpholine rings is 1. The quantitative estimate of drug-likeness (QED) is 0.766. The Morgan fingerprint density at radius 3 is 2.67 bits per heavy atom. The maximum absolute atomic E-state index is 5.46. The van der Waals surface area contributed by atoms with Gasteiger partial charge in [-0.05, 0) is 37.1 Å². The molecule has 0 N–H and O–H groups in total. The van der Waals surface area contributed by atoms with E-state index in [-0.39, 0.29) is 0 Å². The van der Waals surface area contributed by atoms with Gasteiger partial charge in [-0.25, -0.2) is 0 Å². The third kappa shape index (κ3) is 4.11. The average molecular weight is 332 g/mol. The van der Waals surface area contributed by atoms with Crippen molar-refractivity contribution in [2.24, 2.45) is 0 Å². The molecule has 1 atom stereocenters. The second kappa shape index (κ2) is 8.32. The highest BCUT2D eigenvalue weighted by Crippen LogP contribution is 2.39. The maximum Gasteiger partial charge on any atom is 0.119 e. The standard InChI is InChI=1S/C20H32N2O2/c1-3-7-20(18-5-4-6-19(16-18)23-2)8-9-22(17-20)11-10-21-12-14-24-15-13-21/h4-6,16H,3,7-15,17H2,1-2H3. The van der Waals surface area contributed by atoms with Crippen molar-refractivity contribution in [3.8, 4) is 5.75 Å². The normalized spacial score (nSPS) is 25.9. The number of ether oxygens (including phenoxy) is 2. The lowest BCUT2D eigenvalue weighted by atomic mass is 9.76. The van der Waals surface area contributed by atoms with Crippen molar-refractivity contribution in [3.63, 3.8) is 0 Å². The summed E-state index contributed by atoms with van der Waals surface area (Å²) in [4.78, 5) is 5.19. The van der Waals surface area contributed by atoms with Crippen LogP contribution >= 0.6 is 0 Å². The summed E-state index contributed by atoms with van der Waals surface area (Å²) in [6, 6.07) is 8.74. The van der Waals surface area contributed by atoms with Crippen molar-refractivity contribution in [1.29, 1.82) is 0 Å². The van der Waals surface area contributed by atoms with Crippen LogP contribution < -0.4 is 4.74 Å². The Balaban J connectivity index is 1.63. The van der Waals surface area contributed by atoms with Crippen LogP contribution in [0.15, 0.2) is 24.3 Å². The molecule has 4 heteroatoms. The van der Waals surface area contributed by atoms with Crippen molar-refractivity contribution >= 4 is 0 Å². The van der Waals surface area contributed by atoms with Gasteiger partial charge in [0.15, 0.2) is 0 Å². The minimum absolute atomic E-state index is 0.300. The summed E-state index contributed by atoms with van der Waals surface area (Å²) in [7, 11) is 1.76. The van der Waals surface area contributed by atoms with Gasteiger partial charge in [-0.1, -0.05) is 25.5 Å². The summed E-state index contributed by atoms with van der Waals surface area (Å²) in [5.41, 5.74) is 1.76. The monoisotopic (exact) mass is 332 g/mol. The van der Waals surface area contributed by atoms with Crippen LogP contribution in [0.25, 0.3) is 0 Å². The van der Waals surface area contributed by atoms with Crippen LogP contribution in [0.1, 0.15) is 31.7 Å². The molecule has 0 aliphatic carbocycles. The lowest BCUT2D eigenvalue weighted by Crippen LogP contribution is -2.41. The first-order chi connectivity index (χ1) is 11.8. The molecule has 1 aromatic carbocycles. The third-order valence-electron chi connectivity index (χ3n) is 5.68. The number of likely N-dealkylation sites (tertiary alicyclic amines) is 1. The lowest BCUT2D eigenvalue weighted by molar-refractivity contribution is 0.0341. The highest BCUT2D eigenvalue weighted by Gasteiger charge is 2.38. The summed E-state index contributed by atoms with van der Waals surface area (Å²) in [5, 5.41) is 0. The van der Waals surface area contributed by atoms with Gasteiger partial charge < -0.3 is 14.4 Å². The first-order valence-corrected chi connectivity index (χ1v) is 9.43. The fraction of sp³-hybridized carbons (Fsp3) is 0.700. The van der Waals surface area contributed by atoms with Crippen molar-refractivity contribution in [2.45, 2.75) is 31.6 Å². The Morgan fingerprint density at radius 1 is 1.12 bits per heavy atom. The van der Waals surface area contributed by atoms with Gasteiger partial charge >= 0.3 is 0 Å². The summed E-state index contributed by atoms with van der Waals surface area (Å²) in [5.74, 6) is 0.981. The average Bonchev–Trinajstić information content (AvgIpc) is 3.06. The van der Waals surface area contributed by atoms with Crippen LogP contribution in [0.2, 0.25) is 0 Å². The maximum atomic E-state index is 5.46. The Hall–Kier alpha value is -1.10. The molecule has 2 aliphatic rings. The van der Waals surface area contributed by atoms with Gasteiger partial charge in [0.05, 0.1) is 20.3 Å². The molecule has 3 rings (SSSR count). The number of hydrogen-bond donors (Lipinski definition) is 0. The second-order valence-corrected chi connectivity index (χ2v) is 7.24. The van der Waals surface area contributed by atoms with E-state index < -0.39 is 0 Å². The number of nitrogens with zero attached hydrogens (tertiary/aromatic N) is 2. The van der Waals surface area contributed by atoms with E-state index >= 15 is 0 Å². The zero-order valence-electron chi connectivity index (χ0n) is 15.3. The molecule has 0 spiro atoms. The molecule has 0 bridgehead atoms. The summed E-state index contributed by atoms with van der Waals surface area (Å²) < 4.78 is 10.9. The first kappa shape index (κ1) is 17.7. The lowest BCUT2D eigenvalue weighted by Gasteiger charge is -2.32. The molecule has 2 saturated heterocycles. The third-order valence-corrected chi connectivity index (χ3v) is 5.68. The number of rotatable bonds is 7. The van der Waals surface area contributed by atoms with Gasteiger partial charge in [-0.2, -0.15) is 0 Å². The highest BCUT2D eigenvalue weighted by molar-refractivity contribution is 5.35. The topological polar surface area (TPSA) is 24.9 Å². The van der Waals surface area contributed by atoms with E-state index in [2.05, 4.69) is 34.9 Å². The molecule has 0 amide bonds. The summed E-state index contributed by atoms with van der Waals surface area (Å²) in [6.07, 6.45) is 3.75. The predicted octanol–water partition coefficient (Wildman–Crippen LogP) is 2.77. The molecule has 2 fully saturated rings. The Bertz CT molecular complexity index is 516. The van der Waals surface area contributed by atoms with E-state index in [0.717, 1.165) is 32.1 Å². The first-order valence-electron chi connectivity index (χ1n) is 9.43. The molecular weight excluding hydrogens is 300 g/mol. The molecule has 1 unspecified atom stereocenters. The molecule has 24 heavy (non-hydrogen) atoms. The van der Waals surface area contributed by atoms with Crippen molar-refractivity contribution in [3.05, 3.63) is 29.8 Å². The zero-order chi connectivity index (χ0) is 16.8. The number of benzene rings is 1. The number of hydrogen-bond acceptors (Lipinski definition) is 4. The van der Waals surface area contributed by atoms with Gasteiger partial charge in [-0.15, -0.1) is 0 Å². The van der Waals surface area contributed by atoms with Gasteiger partial charge in [0, 0.05) is 38.1 Å². The van der Waals surface area contributed by atoms with Gasteiger partial charge in [0.25, 0.3) is 0 Å². The predicted molar refractivity (Wildman–Crippen MR) is 97.9 cm³/mol. The smallest absolute Gasteiger partial charge is 0.119 e. The van der Waals surface area contributed by atoms with Crippen LogP contribution in [0, 0.1) is 0 Å². The number of methoxy groups -OCH3 is 1. The second-order valence-electron chi connectivity index (χ2n) is 7.24. The molecule has 2 heterocycles. The van der Waals surface area contributed by atoms with Crippen molar-refractivity contribution in [2.75, 3.05) is 59.6 Å². The van der Waals surface area contributed by atoms with E-state index in [4.69, 9.17) is 9.47 Å². The molecule has 2 aliphatic heterocycles. The van der Waals surface area contributed by atoms with Gasteiger partial charge in [0.1, 0.15) is 5.75 Å². The van der Waals surface area contributed by atoms with E-state index in [1.165, 1.54) is 51.0 Å². The van der Waals surface area contributed by atoms with Crippen LogP contribution in [-0.2, 0) is 10.2 Å². The molecule has 4 nitrogen and oxygen atoms in total. The van der Waals surface area contributed by atoms with Crippen molar-refractivity contribution in [1.82, 2.24) is 9.80 Å². The van der Waals surface area contributed by atoms with E-state index in [0.29, 0.717) is 5.41 Å². The van der Waals surface area contributed by atoms with Gasteiger partial charge in [0.2, 0.25) is 0 Å². The van der Waals surface area contributed by atoms with E-state index in [1.807, 2.05) is 6.07 Å². The highest BCUT2D eigenvalue weighted by atomic mass is 16.5. The molecule has 0 saturated carbocycles. The molecular formula is C20H32N2O2. The van der Waals surface area contributed by atoms with Crippen LogP contribution in [0.3, 0.4) is 0 Å². The molecule has 0 aromatic heterocycles. The SMILES string of the molecule is CCCC1(c2cccc(OC)c2)CCN(CCN2CCOCC2)C1. The molecule has 1 aromatic rings. The largest absolute Gasteiger partial charge is 0.497 e. The van der Waals surface area contributed by atoms with Crippen LogP contribution in [-0.4, -0.2) is 69.4 Å². The molecule has 134 valence electrons. The Labute approximate surface area is 146 Å². The minimum Gasteiger partial charge on any atom is -0.497 e. The van der Waals surface area contributed by atoms with Crippen molar-refractivity contribution < 1.29 is 9.47 Å². The van der Waals surface area contributed by atoms with Gasteiger partial charge in [-0.3, -0.25) is 4.90 Å². The Morgan fingerprint density at radius 2 is 1.92 bits per heavy atom. The minimum atomic E-state index is 0.300. The molecule has 0 radical (unpaired) electrons. The van der Waals surface area contributed by atoms with E-state index in [1.54, 1.807) is 7.11 Å². The summed E-state index contributed by atoms with van der Waals surface area (Å²) >= 11 is 0. The fourth-order valence-corrected chi connectivity index (χ4v) is 4.27. The van der Waals surface area contributed by atoms with E-state index in [9.17, 15) is 0 Å². The zero-order valence-corrected chi connectivity index (χ0v) is 15.3. The van der Waals surface area contributed by atoms with Crippen LogP contribution in [0.5, 0.6) is 5.75 Å². The fourth-order valence-electron chi connectivity index (χ4n) is 4.27. The Kier molecular flexibility index (Phi) is 6.14. The summed E-state index contributed by atoms with van der Waals surface area (Å²) in [6.45, 7) is 11.0. The van der Waals surface area contributed by atoms with Crippen LogP contribution in [0.4, 0.5) is 0 Å².